The Morgan fingerprint density at radius 2 is 1.88 bits per heavy atom. The highest BCUT2D eigenvalue weighted by molar-refractivity contribution is 7.91. The van der Waals surface area contributed by atoms with E-state index in [2.05, 4.69) is 0 Å². The highest BCUT2D eigenvalue weighted by atomic mass is 32.2. The quantitative estimate of drug-likeness (QED) is 0.772. The molecule has 1 rings (SSSR count). The molecular weight excluding hydrogens is 228 g/mol. The first-order chi connectivity index (χ1) is 7.53. The van der Waals surface area contributed by atoms with Crippen LogP contribution in [0.1, 0.15) is 13.3 Å². The van der Waals surface area contributed by atoms with Gasteiger partial charge >= 0.3 is 0 Å². The van der Waals surface area contributed by atoms with Crippen LogP contribution in [0.5, 0.6) is 11.5 Å². The second-order valence-electron chi connectivity index (χ2n) is 3.43. The normalized spacial score (nSPS) is 11.3. The van der Waals surface area contributed by atoms with Gasteiger partial charge in [0.2, 0.25) is 0 Å². The van der Waals surface area contributed by atoms with E-state index in [9.17, 15) is 8.42 Å². The molecule has 0 aromatic heterocycles. The van der Waals surface area contributed by atoms with Crippen LogP contribution in [0.25, 0.3) is 0 Å². The predicted octanol–water partition coefficient (Wildman–Crippen LogP) is 1.60. The van der Waals surface area contributed by atoms with Crippen molar-refractivity contribution in [3.63, 3.8) is 0 Å². The predicted molar refractivity (Wildman–Crippen MR) is 62.5 cm³/mol. The maximum Gasteiger partial charge on any atom is 0.150 e. The molecule has 0 saturated heterocycles. The van der Waals surface area contributed by atoms with Crippen molar-refractivity contribution >= 4 is 9.84 Å². The van der Waals surface area contributed by atoms with Crippen LogP contribution in [0, 0.1) is 0 Å². The Balaban J connectivity index is 2.29. The first-order valence-corrected chi connectivity index (χ1v) is 6.98. The van der Waals surface area contributed by atoms with Crippen LogP contribution >= 0.6 is 0 Å². The molecule has 0 bridgehead atoms. The average Bonchev–Trinajstić information content (AvgIpc) is 2.27. The molecule has 16 heavy (non-hydrogen) atoms. The van der Waals surface area contributed by atoms with Crippen LogP contribution in [0.4, 0.5) is 0 Å². The van der Waals surface area contributed by atoms with Crippen LogP contribution in [0.3, 0.4) is 0 Å². The fourth-order valence-corrected chi connectivity index (χ4v) is 2.00. The summed E-state index contributed by atoms with van der Waals surface area (Å²) >= 11 is 0. The van der Waals surface area contributed by atoms with Crippen LogP contribution in [-0.4, -0.2) is 31.6 Å². The topological polar surface area (TPSA) is 63.6 Å². The molecule has 0 heterocycles. The van der Waals surface area contributed by atoms with Gasteiger partial charge in [0, 0.05) is 5.75 Å². The molecule has 4 nitrogen and oxygen atoms in total. The maximum absolute atomic E-state index is 11.2. The lowest BCUT2D eigenvalue weighted by Gasteiger charge is -2.05. The summed E-state index contributed by atoms with van der Waals surface area (Å²) in [5.74, 6) is 1.14. The lowest BCUT2D eigenvalue weighted by molar-refractivity contribution is 0.317. The van der Waals surface area contributed by atoms with E-state index in [1.807, 2.05) is 0 Å². The Morgan fingerprint density at radius 3 is 2.44 bits per heavy atom. The largest absolute Gasteiger partial charge is 0.508 e. The number of ether oxygens (including phenoxy) is 1. The number of rotatable bonds is 6. The zero-order chi connectivity index (χ0) is 12.0. The summed E-state index contributed by atoms with van der Waals surface area (Å²) in [4.78, 5) is 0. The first-order valence-electron chi connectivity index (χ1n) is 5.16. The van der Waals surface area contributed by atoms with Gasteiger partial charge in [-0.2, -0.15) is 0 Å². The number of aromatic hydroxyl groups is 1. The molecule has 1 N–H and O–H groups in total. The maximum atomic E-state index is 11.2. The zero-order valence-electron chi connectivity index (χ0n) is 9.22. The zero-order valence-corrected chi connectivity index (χ0v) is 10.0. The van der Waals surface area contributed by atoms with Gasteiger partial charge in [-0.05, 0) is 30.7 Å². The number of hydrogen-bond donors (Lipinski definition) is 1. The Hall–Kier alpha value is -1.23. The van der Waals surface area contributed by atoms with E-state index in [0.717, 1.165) is 0 Å². The fraction of sp³-hybridized carbons (Fsp3) is 0.455. The van der Waals surface area contributed by atoms with E-state index in [0.29, 0.717) is 18.8 Å². The van der Waals surface area contributed by atoms with Crippen molar-refractivity contribution < 1.29 is 18.3 Å². The molecule has 0 unspecified atom stereocenters. The minimum atomic E-state index is -2.90. The molecule has 0 spiro atoms. The Labute approximate surface area is 95.8 Å². The fourth-order valence-electron chi connectivity index (χ4n) is 1.16. The summed E-state index contributed by atoms with van der Waals surface area (Å²) < 4.78 is 27.7. The summed E-state index contributed by atoms with van der Waals surface area (Å²) in [6.07, 6.45) is 0.483. The molecule has 5 heteroatoms. The number of phenols is 1. The lowest BCUT2D eigenvalue weighted by atomic mass is 10.3. The summed E-state index contributed by atoms with van der Waals surface area (Å²) in [5, 5.41) is 9.03. The molecule has 0 aliphatic heterocycles. The van der Waals surface area contributed by atoms with E-state index in [4.69, 9.17) is 9.84 Å². The Morgan fingerprint density at radius 1 is 1.25 bits per heavy atom. The van der Waals surface area contributed by atoms with Crippen LogP contribution in [-0.2, 0) is 9.84 Å². The smallest absolute Gasteiger partial charge is 0.150 e. The third kappa shape index (κ3) is 4.53. The van der Waals surface area contributed by atoms with Crippen LogP contribution < -0.4 is 4.74 Å². The van der Waals surface area contributed by atoms with Crippen molar-refractivity contribution in [2.24, 2.45) is 0 Å². The van der Waals surface area contributed by atoms with Crippen molar-refractivity contribution in [1.29, 1.82) is 0 Å². The summed E-state index contributed by atoms with van der Waals surface area (Å²) in [6, 6.07) is 6.34. The average molecular weight is 244 g/mol. The van der Waals surface area contributed by atoms with Gasteiger partial charge in [0.15, 0.2) is 0 Å². The number of sulfone groups is 1. The Kier molecular flexibility index (Phi) is 4.61. The molecule has 0 radical (unpaired) electrons. The lowest BCUT2D eigenvalue weighted by Crippen LogP contribution is -2.11. The second kappa shape index (κ2) is 5.75. The molecule has 90 valence electrons. The van der Waals surface area contributed by atoms with Gasteiger partial charge in [-0.25, -0.2) is 8.42 Å². The van der Waals surface area contributed by atoms with Gasteiger partial charge in [0.05, 0.1) is 12.4 Å². The van der Waals surface area contributed by atoms with Gasteiger partial charge in [0.25, 0.3) is 0 Å². The SMILES string of the molecule is CCS(=O)(=O)CCCOc1ccc(O)cc1. The monoisotopic (exact) mass is 244 g/mol. The number of benzene rings is 1. The molecule has 0 aliphatic carbocycles. The van der Waals surface area contributed by atoms with Gasteiger partial charge in [0.1, 0.15) is 21.3 Å². The molecule has 0 saturated carbocycles. The minimum absolute atomic E-state index is 0.154. The van der Waals surface area contributed by atoms with E-state index >= 15 is 0 Å². The number of phenolic OH excluding ortho intramolecular Hbond substituents is 1. The van der Waals surface area contributed by atoms with Crippen LogP contribution in [0.15, 0.2) is 24.3 Å². The highest BCUT2D eigenvalue weighted by Gasteiger charge is 2.06. The van der Waals surface area contributed by atoms with Gasteiger partial charge in [-0.15, -0.1) is 0 Å². The van der Waals surface area contributed by atoms with Crippen molar-refractivity contribution in [2.75, 3.05) is 18.1 Å². The van der Waals surface area contributed by atoms with E-state index in [1.54, 1.807) is 19.1 Å². The van der Waals surface area contributed by atoms with Crippen LogP contribution in [0.2, 0.25) is 0 Å². The van der Waals surface area contributed by atoms with E-state index < -0.39 is 9.84 Å². The van der Waals surface area contributed by atoms with E-state index in [1.165, 1.54) is 12.1 Å². The molecular formula is C11H16O4S. The minimum Gasteiger partial charge on any atom is -0.508 e. The van der Waals surface area contributed by atoms with Gasteiger partial charge in [-0.1, -0.05) is 6.92 Å². The van der Waals surface area contributed by atoms with Crippen molar-refractivity contribution in [1.82, 2.24) is 0 Å². The standard InChI is InChI=1S/C11H16O4S/c1-2-16(13,14)9-3-8-15-11-6-4-10(12)5-7-11/h4-7,12H,2-3,8-9H2,1H3. The molecule has 0 atom stereocenters. The molecule has 0 aliphatic rings. The third-order valence-corrected chi connectivity index (χ3v) is 3.94. The van der Waals surface area contributed by atoms with Gasteiger partial charge in [-0.3, -0.25) is 0 Å². The summed E-state index contributed by atoms with van der Waals surface area (Å²) in [7, 11) is -2.90. The summed E-state index contributed by atoms with van der Waals surface area (Å²) in [6.45, 7) is 2.00. The molecule has 0 amide bonds. The van der Waals surface area contributed by atoms with E-state index in [-0.39, 0.29) is 17.3 Å². The molecule has 1 aromatic rings. The highest BCUT2D eigenvalue weighted by Crippen LogP contribution is 2.15. The van der Waals surface area contributed by atoms with Crippen molar-refractivity contribution in [3.05, 3.63) is 24.3 Å². The van der Waals surface area contributed by atoms with Crippen molar-refractivity contribution in [3.8, 4) is 11.5 Å². The third-order valence-electron chi connectivity index (χ3n) is 2.14. The van der Waals surface area contributed by atoms with Crippen molar-refractivity contribution in [2.45, 2.75) is 13.3 Å². The first kappa shape index (κ1) is 12.8. The molecule has 1 aromatic carbocycles. The second-order valence-corrected chi connectivity index (χ2v) is 5.91. The number of hydrogen-bond acceptors (Lipinski definition) is 4. The summed E-state index contributed by atoms with van der Waals surface area (Å²) in [5.41, 5.74) is 0. The van der Waals surface area contributed by atoms with Gasteiger partial charge < -0.3 is 9.84 Å². The Bertz CT molecular complexity index is 408. The molecule has 0 fully saturated rings.